The predicted molar refractivity (Wildman–Crippen MR) is 69.9 cm³/mol. The van der Waals surface area contributed by atoms with Crippen LogP contribution in [0.5, 0.6) is 0 Å². The normalized spacial score (nSPS) is 21.8. The van der Waals surface area contributed by atoms with E-state index in [-0.39, 0.29) is 5.91 Å². The van der Waals surface area contributed by atoms with Crippen LogP contribution in [0.25, 0.3) is 0 Å². The summed E-state index contributed by atoms with van der Waals surface area (Å²) in [6.45, 7) is 7.39. The van der Waals surface area contributed by atoms with Crippen molar-refractivity contribution in [3.63, 3.8) is 0 Å². The lowest BCUT2D eigenvalue weighted by atomic mass is 10.0. The molecule has 0 saturated carbocycles. The zero-order valence-electron chi connectivity index (χ0n) is 11.7. The molecule has 0 radical (unpaired) electrons. The van der Waals surface area contributed by atoms with Crippen LogP contribution in [0.3, 0.4) is 0 Å². The van der Waals surface area contributed by atoms with Gasteiger partial charge in [-0.25, -0.2) is 0 Å². The van der Waals surface area contributed by atoms with Crippen LogP contribution in [-0.4, -0.2) is 36.6 Å². The van der Waals surface area contributed by atoms with E-state index in [1.54, 1.807) is 0 Å². The van der Waals surface area contributed by atoms with Gasteiger partial charge in [-0.15, -0.1) is 0 Å². The topological polar surface area (TPSA) is 29.5 Å². The summed E-state index contributed by atoms with van der Waals surface area (Å²) in [6.07, 6.45) is 5.19. The second kappa shape index (κ2) is 7.00. The standard InChI is InChI=1S/C14H27NO2/c1-11(2)10-12(3)15(4)14(16)8-7-13-6-5-9-17-13/h11-13H,5-10H2,1-4H3/t12-,13-/m1/s1. The average molecular weight is 241 g/mol. The highest BCUT2D eigenvalue weighted by Gasteiger charge is 2.20. The maximum atomic E-state index is 12.0. The lowest BCUT2D eigenvalue weighted by molar-refractivity contribution is -0.132. The van der Waals surface area contributed by atoms with Crippen molar-refractivity contribution in [1.29, 1.82) is 0 Å². The van der Waals surface area contributed by atoms with Crippen LogP contribution in [-0.2, 0) is 9.53 Å². The number of nitrogens with zero attached hydrogens (tertiary/aromatic N) is 1. The summed E-state index contributed by atoms with van der Waals surface area (Å²) in [4.78, 5) is 13.9. The molecule has 0 aromatic heterocycles. The highest BCUT2D eigenvalue weighted by atomic mass is 16.5. The number of rotatable bonds is 6. The van der Waals surface area contributed by atoms with Gasteiger partial charge in [0.25, 0.3) is 0 Å². The molecule has 1 rings (SSSR count). The molecule has 0 aliphatic carbocycles. The van der Waals surface area contributed by atoms with Crippen LogP contribution in [0.1, 0.15) is 52.9 Å². The van der Waals surface area contributed by atoms with Crippen LogP contribution in [0.2, 0.25) is 0 Å². The zero-order valence-corrected chi connectivity index (χ0v) is 11.7. The Morgan fingerprint density at radius 3 is 2.65 bits per heavy atom. The van der Waals surface area contributed by atoms with Crippen molar-refractivity contribution in [2.24, 2.45) is 5.92 Å². The summed E-state index contributed by atoms with van der Waals surface area (Å²) < 4.78 is 5.54. The van der Waals surface area contributed by atoms with Gasteiger partial charge in [0.05, 0.1) is 6.10 Å². The second-order valence-corrected chi connectivity index (χ2v) is 5.66. The first-order valence-electron chi connectivity index (χ1n) is 6.88. The molecule has 1 fully saturated rings. The number of carbonyl (C=O) groups is 1. The van der Waals surface area contributed by atoms with Gasteiger partial charge in [-0.1, -0.05) is 13.8 Å². The Balaban J connectivity index is 2.25. The molecule has 2 atom stereocenters. The van der Waals surface area contributed by atoms with E-state index in [2.05, 4.69) is 20.8 Å². The number of ether oxygens (including phenoxy) is 1. The van der Waals surface area contributed by atoms with Crippen molar-refractivity contribution in [2.45, 2.75) is 65.0 Å². The van der Waals surface area contributed by atoms with E-state index in [0.29, 0.717) is 24.5 Å². The van der Waals surface area contributed by atoms with Gasteiger partial charge in [0, 0.05) is 26.1 Å². The van der Waals surface area contributed by atoms with Crippen LogP contribution in [0, 0.1) is 5.92 Å². The molecule has 100 valence electrons. The molecule has 1 saturated heterocycles. The van der Waals surface area contributed by atoms with E-state index in [1.807, 2.05) is 11.9 Å². The van der Waals surface area contributed by atoms with Crippen molar-refractivity contribution < 1.29 is 9.53 Å². The molecular weight excluding hydrogens is 214 g/mol. The Hall–Kier alpha value is -0.570. The Morgan fingerprint density at radius 1 is 1.41 bits per heavy atom. The molecule has 1 aliphatic rings. The molecule has 17 heavy (non-hydrogen) atoms. The van der Waals surface area contributed by atoms with Crippen LogP contribution < -0.4 is 0 Å². The summed E-state index contributed by atoms with van der Waals surface area (Å²) in [7, 11) is 1.92. The van der Waals surface area contributed by atoms with Gasteiger partial charge in [0.15, 0.2) is 0 Å². The molecule has 0 unspecified atom stereocenters. The summed E-state index contributed by atoms with van der Waals surface area (Å²) in [5, 5.41) is 0. The van der Waals surface area contributed by atoms with Crippen molar-refractivity contribution in [1.82, 2.24) is 4.90 Å². The Morgan fingerprint density at radius 2 is 2.12 bits per heavy atom. The number of hydrogen-bond donors (Lipinski definition) is 0. The molecule has 0 aromatic carbocycles. The fraction of sp³-hybridized carbons (Fsp3) is 0.929. The summed E-state index contributed by atoms with van der Waals surface area (Å²) in [5.74, 6) is 0.895. The largest absolute Gasteiger partial charge is 0.378 e. The third kappa shape index (κ3) is 5.07. The highest BCUT2D eigenvalue weighted by Crippen LogP contribution is 2.18. The first-order valence-corrected chi connectivity index (χ1v) is 6.88. The quantitative estimate of drug-likeness (QED) is 0.715. The van der Waals surface area contributed by atoms with Crippen molar-refractivity contribution in [3.8, 4) is 0 Å². The monoisotopic (exact) mass is 241 g/mol. The molecule has 0 N–H and O–H groups in total. The Labute approximate surface area is 106 Å². The summed E-state index contributed by atoms with van der Waals surface area (Å²) in [5.41, 5.74) is 0. The maximum Gasteiger partial charge on any atom is 0.222 e. The minimum atomic E-state index is 0.258. The first kappa shape index (κ1) is 14.5. The van der Waals surface area contributed by atoms with Crippen LogP contribution in [0.4, 0.5) is 0 Å². The van der Waals surface area contributed by atoms with Gasteiger partial charge in [-0.05, 0) is 38.5 Å². The summed E-state index contributed by atoms with van der Waals surface area (Å²) in [6, 6.07) is 0.340. The van der Waals surface area contributed by atoms with Gasteiger partial charge in [-0.3, -0.25) is 4.79 Å². The summed E-state index contributed by atoms with van der Waals surface area (Å²) >= 11 is 0. The predicted octanol–water partition coefficient (Wildman–Crippen LogP) is 2.84. The third-order valence-electron chi connectivity index (χ3n) is 3.57. The average Bonchev–Trinajstić information content (AvgIpc) is 2.76. The SMILES string of the molecule is CC(C)C[C@@H](C)N(C)C(=O)CC[C@H]1CCCO1. The molecule has 0 spiro atoms. The van der Waals surface area contributed by atoms with Crippen molar-refractivity contribution in [2.75, 3.05) is 13.7 Å². The maximum absolute atomic E-state index is 12.0. The highest BCUT2D eigenvalue weighted by molar-refractivity contribution is 5.76. The molecular formula is C14H27NO2. The molecule has 3 heteroatoms. The van der Waals surface area contributed by atoms with Gasteiger partial charge in [0.1, 0.15) is 0 Å². The molecule has 1 amide bonds. The fourth-order valence-electron chi connectivity index (χ4n) is 2.42. The van der Waals surface area contributed by atoms with E-state index in [9.17, 15) is 4.79 Å². The lowest BCUT2D eigenvalue weighted by Crippen LogP contribution is -2.36. The third-order valence-corrected chi connectivity index (χ3v) is 3.57. The number of hydrogen-bond acceptors (Lipinski definition) is 2. The lowest BCUT2D eigenvalue weighted by Gasteiger charge is -2.26. The minimum Gasteiger partial charge on any atom is -0.378 e. The van der Waals surface area contributed by atoms with Gasteiger partial charge in [-0.2, -0.15) is 0 Å². The second-order valence-electron chi connectivity index (χ2n) is 5.66. The van der Waals surface area contributed by atoms with Crippen LogP contribution in [0.15, 0.2) is 0 Å². The van der Waals surface area contributed by atoms with E-state index in [4.69, 9.17) is 4.74 Å². The Bertz CT molecular complexity index is 234. The first-order chi connectivity index (χ1) is 8.00. The molecule has 0 bridgehead atoms. The van der Waals surface area contributed by atoms with Crippen molar-refractivity contribution in [3.05, 3.63) is 0 Å². The molecule has 1 heterocycles. The van der Waals surface area contributed by atoms with E-state index >= 15 is 0 Å². The zero-order chi connectivity index (χ0) is 12.8. The molecule has 3 nitrogen and oxygen atoms in total. The van der Waals surface area contributed by atoms with Crippen molar-refractivity contribution >= 4 is 5.91 Å². The minimum absolute atomic E-state index is 0.258. The van der Waals surface area contributed by atoms with E-state index in [0.717, 1.165) is 32.3 Å². The van der Waals surface area contributed by atoms with E-state index < -0.39 is 0 Å². The smallest absolute Gasteiger partial charge is 0.222 e. The van der Waals surface area contributed by atoms with Gasteiger partial charge < -0.3 is 9.64 Å². The molecule has 1 aliphatic heterocycles. The fourth-order valence-corrected chi connectivity index (χ4v) is 2.42. The van der Waals surface area contributed by atoms with Gasteiger partial charge >= 0.3 is 0 Å². The Kier molecular flexibility index (Phi) is 5.96. The molecule has 0 aromatic rings. The van der Waals surface area contributed by atoms with E-state index in [1.165, 1.54) is 0 Å². The van der Waals surface area contributed by atoms with Gasteiger partial charge in [0.2, 0.25) is 5.91 Å². The number of amides is 1. The van der Waals surface area contributed by atoms with Crippen LogP contribution >= 0.6 is 0 Å². The number of carbonyl (C=O) groups excluding carboxylic acids is 1.